The van der Waals surface area contributed by atoms with Crippen molar-refractivity contribution in [1.29, 1.82) is 0 Å². The molecule has 1 N–H and O–H groups in total. The summed E-state index contributed by atoms with van der Waals surface area (Å²) in [7, 11) is -2.08. The second kappa shape index (κ2) is 4.10. The minimum atomic E-state index is -2.08. The Bertz CT molecular complexity index is 319. The lowest BCUT2D eigenvalue weighted by Gasteiger charge is -2.35. The van der Waals surface area contributed by atoms with Gasteiger partial charge in [0, 0.05) is 0 Å². The first kappa shape index (κ1) is 12.5. The maximum absolute atomic E-state index is 10.2. The van der Waals surface area contributed by atoms with E-state index in [9.17, 15) is 4.80 Å². The highest BCUT2D eigenvalue weighted by Crippen LogP contribution is 2.38. The van der Waals surface area contributed by atoms with Crippen LogP contribution < -0.4 is 0 Å². The minimum Gasteiger partial charge on any atom is -0.432 e. The van der Waals surface area contributed by atoms with Crippen molar-refractivity contribution in [2.45, 2.75) is 45.3 Å². The van der Waals surface area contributed by atoms with Gasteiger partial charge >= 0.3 is 0 Å². The fraction of sp³-hybridized carbons (Fsp3) is 0.538. The van der Waals surface area contributed by atoms with Crippen molar-refractivity contribution in [2.24, 2.45) is 0 Å². The molecule has 1 rings (SSSR count). The van der Waals surface area contributed by atoms with E-state index in [1.807, 2.05) is 13.1 Å². The Morgan fingerprint density at radius 1 is 1.13 bits per heavy atom. The molecule has 0 aliphatic heterocycles. The summed E-state index contributed by atoms with van der Waals surface area (Å²) in [5, 5.41) is 0.0300. The predicted octanol–water partition coefficient (Wildman–Crippen LogP) is 3.52. The molecule has 84 valence electrons. The van der Waals surface area contributed by atoms with E-state index >= 15 is 0 Å². The van der Waals surface area contributed by atoms with Crippen molar-refractivity contribution in [1.82, 2.24) is 0 Å². The van der Waals surface area contributed by atoms with Gasteiger partial charge in [0.2, 0.25) is 0 Å². The van der Waals surface area contributed by atoms with Crippen molar-refractivity contribution in [2.75, 3.05) is 0 Å². The molecule has 1 aromatic carbocycles. The first-order chi connectivity index (χ1) is 6.72. The van der Waals surface area contributed by atoms with Crippen molar-refractivity contribution in [3.8, 4) is 0 Å². The van der Waals surface area contributed by atoms with Gasteiger partial charge in [-0.3, -0.25) is 0 Å². The van der Waals surface area contributed by atoms with Crippen LogP contribution in [0.25, 0.3) is 0 Å². The van der Waals surface area contributed by atoms with E-state index in [4.69, 9.17) is 0 Å². The molecule has 0 saturated carbocycles. The Morgan fingerprint density at radius 2 is 1.60 bits per heavy atom. The number of hydrogen-bond donors (Lipinski definition) is 1. The molecule has 0 aliphatic rings. The predicted molar refractivity (Wildman–Crippen MR) is 68.6 cm³/mol. The summed E-state index contributed by atoms with van der Waals surface area (Å²) in [6.07, 6.45) is 0.961. The van der Waals surface area contributed by atoms with Crippen LogP contribution in [0, 0.1) is 6.92 Å². The highest BCUT2D eigenvalue weighted by Gasteiger charge is 2.37. The van der Waals surface area contributed by atoms with Crippen LogP contribution in [0.1, 0.15) is 25.0 Å². The minimum absolute atomic E-state index is 0.0300. The van der Waals surface area contributed by atoms with Gasteiger partial charge in [0.05, 0.1) is 0 Å². The standard InChI is InChI=1S/C13H22OSi/c1-11-6-8-12(9-7-11)10-13(2,3)15(4,5)14/h6-9,14H,10H2,1-5H3. The fourth-order valence-corrected chi connectivity index (χ4v) is 2.07. The lowest BCUT2D eigenvalue weighted by molar-refractivity contribution is 0.467. The third kappa shape index (κ3) is 3.18. The summed E-state index contributed by atoms with van der Waals surface area (Å²) in [5.41, 5.74) is 2.61. The molecule has 0 amide bonds. The number of hydrogen-bond acceptors (Lipinski definition) is 1. The van der Waals surface area contributed by atoms with Crippen molar-refractivity contribution in [3.63, 3.8) is 0 Å². The quantitative estimate of drug-likeness (QED) is 0.776. The summed E-state index contributed by atoms with van der Waals surface area (Å²) in [6, 6.07) is 8.60. The average Bonchev–Trinajstić information content (AvgIpc) is 2.06. The van der Waals surface area contributed by atoms with Crippen LogP contribution in [-0.4, -0.2) is 13.1 Å². The molecular weight excluding hydrogens is 200 g/mol. The monoisotopic (exact) mass is 222 g/mol. The molecule has 0 heterocycles. The Labute approximate surface area is 94.3 Å². The summed E-state index contributed by atoms with van der Waals surface area (Å²) < 4.78 is 0. The van der Waals surface area contributed by atoms with Gasteiger partial charge in [0.25, 0.3) is 0 Å². The van der Waals surface area contributed by atoms with E-state index in [1.54, 1.807) is 0 Å². The molecule has 2 heteroatoms. The zero-order chi connectivity index (χ0) is 11.7. The van der Waals surface area contributed by atoms with E-state index < -0.39 is 8.32 Å². The van der Waals surface area contributed by atoms with Crippen LogP contribution in [0.4, 0.5) is 0 Å². The SMILES string of the molecule is Cc1ccc(CC(C)(C)[Si](C)(C)O)cc1. The Kier molecular flexibility index (Phi) is 3.41. The Morgan fingerprint density at radius 3 is 2.00 bits per heavy atom. The lowest BCUT2D eigenvalue weighted by Crippen LogP contribution is -2.40. The van der Waals surface area contributed by atoms with Crippen LogP contribution in [0.5, 0.6) is 0 Å². The van der Waals surface area contributed by atoms with Gasteiger partial charge in [0.15, 0.2) is 8.32 Å². The van der Waals surface area contributed by atoms with E-state index in [0.29, 0.717) is 0 Å². The average molecular weight is 222 g/mol. The van der Waals surface area contributed by atoms with Crippen LogP contribution in [0.2, 0.25) is 18.1 Å². The summed E-state index contributed by atoms with van der Waals surface area (Å²) >= 11 is 0. The molecular formula is C13H22OSi. The van der Waals surface area contributed by atoms with E-state index in [-0.39, 0.29) is 5.04 Å². The molecule has 0 aliphatic carbocycles. The largest absolute Gasteiger partial charge is 0.432 e. The smallest absolute Gasteiger partial charge is 0.188 e. The van der Waals surface area contributed by atoms with Gasteiger partial charge in [-0.25, -0.2) is 0 Å². The van der Waals surface area contributed by atoms with Crippen LogP contribution in [-0.2, 0) is 6.42 Å². The molecule has 0 fully saturated rings. The molecule has 0 bridgehead atoms. The third-order valence-corrected chi connectivity index (χ3v) is 6.91. The zero-order valence-corrected chi connectivity index (χ0v) is 11.5. The molecule has 15 heavy (non-hydrogen) atoms. The summed E-state index contributed by atoms with van der Waals surface area (Å²) in [4.78, 5) is 10.2. The highest BCUT2D eigenvalue weighted by atomic mass is 28.4. The van der Waals surface area contributed by atoms with Crippen molar-refractivity contribution in [3.05, 3.63) is 35.4 Å². The lowest BCUT2D eigenvalue weighted by atomic mass is 10.0. The van der Waals surface area contributed by atoms with Gasteiger partial charge in [0.1, 0.15) is 0 Å². The van der Waals surface area contributed by atoms with E-state index in [0.717, 1.165) is 6.42 Å². The molecule has 1 aromatic rings. The van der Waals surface area contributed by atoms with E-state index in [1.165, 1.54) is 11.1 Å². The topological polar surface area (TPSA) is 20.2 Å². The second-order valence-corrected chi connectivity index (χ2v) is 10.1. The van der Waals surface area contributed by atoms with Crippen molar-refractivity contribution >= 4 is 8.32 Å². The maximum Gasteiger partial charge on any atom is 0.188 e. The molecule has 0 spiro atoms. The van der Waals surface area contributed by atoms with Crippen LogP contribution in [0.15, 0.2) is 24.3 Å². The molecule has 0 unspecified atom stereocenters. The van der Waals surface area contributed by atoms with Crippen LogP contribution >= 0.6 is 0 Å². The fourth-order valence-electron chi connectivity index (χ4n) is 1.43. The van der Waals surface area contributed by atoms with Gasteiger partial charge < -0.3 is 4.80 Å². The highest BCUT2D eigenvalue weighted by molar-refractivity contribution is 6.72. The van der Waals surface area contributed by atoms with Crippen LogP contribution in [0.3, 0.4) is 0 Å². The molecule has 0 saturated heterocycles. The van der Waals surface area contributed by atoms with Gasteiger partial charge in [-0.15, -0.1) is 0 Å². The Hall–Kier alpha value is -0.603. The number of rotatable bonds is 3. The second-order valence-electron chi connectivity index (χ2n) is 5.61. The zero-order valence-electron chi connectivity index (χ0n) is 10.5. The van der Waals surface area contributed by atoms with Gasteiger partial charge in [-0.2, -0.15) is 0 Å². The van der Waals surface area contributed by atoms with E-state index in [2.05, 4.69) is 45.0 Å². The summed E-state index contributed by atoms with van der Waals surface area (Å²) in [6.45, 7) is 10.5. The Balaban J connectivity index is 2.82. The molecule has 0 atom stereocenters. The normalized spacial score (nSPS) is 12.9. The van der Waals surface area contributed by atoms with Crippen molar-refractivity contribution < 1.29 is 4.80 Å². The number of benzene rings is 1. The van der Waals surface area contributed by atoms with Gasteiger partial charge in [-0.05, 0) is 37.0 Å². The number of aryl methyl sites for hydroxylation is 1. The molecule has 1 nitrogen and oxygen atoms in total. The third-order valence-electron chi connectivity index (χ3n) is 3.42. The first-order valence-corrected chi connectivity index (χ1v) is 8.45. The maximum atomic E-state index is 10.2. The first-order valence-electron chi connectivity index (χ1n) is 5.50. The van der Waals surface area contributed by atoms with Gasteiger partial charge in [-0.1, -0.05) is 43.7 Å². The molecule has 0 radical (unpaired) electrons. The molecule has 0 aromatic heterocycles. The summed E-state index contributed by atoms with van der Waals surface area (Å²) in [5.74, 6) is 0.